The summed E-state index contributed by atoms with van der Waals surface area (Å²) in [4.78, 5) is 0. The molecule has 1 aromatic rings. The Morgan fingerprint density at radius 3 is 2.08 bits per heavy atom. The maximum Gasteiger partial charge on any atom is 0.261 e. The number of hydrogen-bond donors (Lipinski definition) is 2. The van der Waals surface area contributed by atoms with Gasteiger partial charge in [-0.15, -0.1) is 0 Å². The molecule has 0 saturated heterocycles. The number of nitrogens with two attached hydrogens (primary N) is 1. The summed E-state index contributed by atoms with van der Waals surface area (Å²) in [7, 11) is -3.67. The van der Waals surface area contributed by atoms with E-state index < -0.39 is 10.1 Å². The number of nitrogen functional groups attached to an aromatic ring is 1. The Bertz CT molecular complexity index is 334. The van der Waals surface area contributed by atoms with Gasteiger partial charge in [-0.25, -0.2) is 0 Å². The van der Waals surface area contributed by atoms with Crippen LogP contribution in [0.3, 0.4) is 0 Å². The third-order valence-corrected chi connectivity index (χ3v) is 1.04. The highest BCUT2D eigenvalue weighted by Gasteiger charge is 1.81. The van der Waals surface area contributed by atoms with Crippen molar-refractivity contribution in [1.82, 2.24) is 0 Å². The first-order chi connectivity index (χ1) is 5.79. The van der Waals surface area contributed by atoms with Gasteiger partial charge in [0.05, 0.1) is 6.26 Å². The Kier molecular flexibility index (Phi) is 4.44. The van der Waals surface area contributed by atoms with Gasteiger partial charge in [0.25, 0.3) is 10.1 Å². The molecule has 0 amide bonds. The monoisotopic (exact) mass is 203 g/mol. The van der Waals surface area contributed by atoms with Gasteiger partial charge in [-0.3, -0.25) is 4.55 Å². The van der Waals surface area contributed by atoms with Crippen LogP contribution in [0.2, 0.25) is 0 Å². The molecule has 4 nitrogen and oxygen atoms in total. The average molecular weight is 203 g/mol. The summed E-state index contributed by atoms with van der Waals surface area (Å²) in [5.74, 6) is 0. The molecule has 13 heavy (non-hydrogen) atoms. The average Bonchev–Trinajstić information content (AvgIpc) is 1.81. The van der Waals surface area contributed by atoms with Crippen molar-refractivity contribution in [3.8, 4) is 0 Å². The van der Waals surface area contributed by atoms with E-state index in [0.717, 1.165) is 5.69 Å². The van der Waals surface area contributed by atoms with Crippen molar-refractivity contribution in [2.75, 3.05) is 12.0 Å². The second kappa shape index (κ2) is 4.84. The molecular weight excluding hydrogens is 190 g/mol. The zero-order chi connectivity index (χ0) is 10.5. The smallest absolute Gasteiger partial charge is 0.261 e. The first-order valence-corrected chi connectivity index (χ1v) is 5.38. The fraction of sp³-hybridized carbons (Fsp3) is 0.250. The summed E-state index contributed by atoms with van der Waals surface area (Å²) in [5.41, 5.74) is 7.51. The van der Waals surface area contributed by atoms with Crippen molar-refractivity contribution in [1.29, 1.82) is 0 Å². The van der Waals surface area contributed by atoms with Crippen LogP contribution >= 0.6 is 0 Å². The van der Waals surface area contributed by atoms with E-state index in [4.69, 9.17) is 10.3 Å². The topological polar surface area (TPSA) is 80.4 Å². The van der Waals surface area contributed by atoms with E-state index in [-0.39, 0.29) is 0 Å². The zero-order valence-electron chi connectivity index (χ0n) is 7.56. The molecule has 0 unspecified atom stereocenters. The van der Waals surface area contributed by atoms with Crippen molar-refractivity contribution in [3.63, 3.8) is 0 Å². The zero-order valence-corrected chi connectivity index (χ0v) is 8.38. The highest BCUT2D eigenvalue weighted by Crippen LogP contribution is 2.03. The number of aryl methyl sites for hydroxylation is 1. The van der Waals surface area contributed by atoms with Crippen LogP contribution in [0.25, 0.3) is 0 Å². The van der Waals surface area contributed by atoms with Crippen molar-refractivity contribution in [2.24, 2.45) is 0 Å². The Hall–Kier alpha value is -1.07. The molecule has 0 aliphatic heterocycles. The third kappa shape index (κ3) is 10.9. The minimum atomic E-state index is -3.67. The van der Waals surface area contributed by atoms with E-state index in [1.165, 1.54) is 5.56 Å². The summed E-state index contributed by atoms with van der Waals surface area (Å²) in [5, 5.41) is 0. The van der Waals surface area contributed by atoms with E-state index >= 15 is 0 Å². The van der Waals surface area contributed by atoms with E-state index in [9.17, 15) is 8.42 Å². The number of hydrogen-bond acceptors (Lipinski definition) is 3. The maximum atomic E-state index is 9.19. The molecule has 0 bridgehead atoms. The summed E-state index contributed by atoms with van der Waals surface area (Å²) in [6.07, 6.45) is 0.715. The van der Waals surface area contributed by atoms with Crippen LogP contribution in [0.15, 0.2) is 24.3 Å². The van der Waals surface area contributed by atoms with Gasteiger partial charge in [0, 0.05) is 5.69 Å². The molecule has 1 aromatic carbocycles. The highest BCUT2D eigenvalue weighted by molar-refractivity contribution is 7.85. The van der Waals surface area contributed by atoms with E-state index in [0.29, 0.717) is 6.26 Å². The first kappa shape index (κ1) is 11.9. The van der Waals surface area contributed by atoms with Crippen LogP contribution in [0.4, 0.5) is 5.69 Å². The fourth-order valence-corrected chi connectivity index (χ4v) is 0.670. The van der Waals surface area contributed by atoms with Gasteiger partial charge in [-0.2, -0.15) is 8.42 Å². The molecule has 74 valence electrons. The summed E-state index contributed by atoms with van der Waals surface area (Å²) in [6.45, 7) is 2.02. The van der Waals surface area contributed by atoms with E-state index in [1.54, 1.807) is 0 Å². The van der Waals surface area contributed by atoms with Gasteiger partial charge < -0.3 is 5.73 Å². The molecule has 0 saturated carbocycles. The van der Waals surface area contributed by atoms with Gasteiger partial charge in [0.1, 0.15) is 0 Å². The second-order valence-electron chi connectivity index (χ2n) is 2.65. The van der Waals surface area contributed by atoms with Gasteiger partial charge in [-0.1, -0.05) is 12.1 Å². The van der Waals surface area contributed by atoms with Crippen LogP contribution in [0.1, 0.15) is 5.56 Å². The van der Waals surface area contributed by atoms with Crippen LogP contribution in [-0.4, -0.2) is 19.2 Å². The molecule has 0 aliphatic rings. The quantitative estimate of drug-likeness (QED) is 0.488. The van der Waals surface area contributed by atoms with Gasteiger partial charge in [0.2, 0.25) is 0 Å². The minimum Gasteiger partial charge on any atom is -0.399 e. The molecule has 0 radical (unpaired) electrons. The lowest BCUT2D eigenvalue weighted by molar-refractivity contribution is 0.490. The predicted octanol–water partition coefficient (Wildman–Crippen LogP) is 1.08. The molecular formula is C8H13NO3S. The third-order valence-electron chi connectivity index (χ3n) is 1.04. The predicted molar refractivity (Wildman–Crippen MR) is 53.1 cm³/mol. The normalized spacial score (nSPS) is 10.1. The molecule has 0 aliphatic carbocycles. The molecule has 0 fully saturated rings. The van der Waals surface area contributed by atoms with Gasteiger partial charge >= 0.3 is 0 Å². The summed E-state index contributed by atoms with van der Waals surface area (Å²) >= 11 is 0. The Morgan fingerprint density at radius 2 is 1.85 bits per heavy atom. The van der Waals surface area contributed by atoms with Crippen LogP contribution in [0.5, 0.6) is 0 Å². The fourth-order valence-electron chi connectivity index (χ4n) is 0.670. The largest absolute Gasteiger partial charge is 0.399 e. The van der Waals surface area contributed by atoms with Crippen molar-refractivity contribution in [3.05, 3.63) is 29.8 Å². The Morgan fingerprint density at radius 1 is 1.38 bits per heavy atom. The molecule has 0 spiro atoms. The van der Waals surface area contributed by atoms with E-state index in [1.807, 2.05) is 31.2 Å². The van der Waals surface area contributed by atoms with Gasteiger partial charge in [0.15, 0.2) is 0 Å². The lowest BCUT2D eigenvalue weighted by atomic mass is 10.2. The standard InChI is InChI=1S/C7H9N.CH4O3S/c1-6-3-2-4-7(8)5-6;1-5(2,3)4/h2-5H,8H2,1H3;1H3,(H,2,3,4). The minimum absolute atomic E-state index is 0.715. The van der Waals surface area contributed by atoms with E-state index in [2.05, 4.69) is 0 Å². The maximum absolute atomic E-state index is 9.19. The summed E-state index contributed by atoms with van der Waals surface area (Å²) < 4.78 is 25.9. The van der Waals surface area contributed by atoms with Crippen LogP contribution < -0.4 is 5.73 Å². The lowest BCUT2D eigenvalue weighted by Crippen LogP contribution is -1.88. The van der Waals surface area contributed by atoms with Crippen molar-refractivity contribution >= 4 is 15.8 Å². The van der Waals surface area contributed by atoms with Gasteiger partial charge in [-0.05, 0) is 24.6 Å². The van der Waals surface area contributed by atoms with Crippen LogP contribution in [-0.2, 0) is 10.1 Å². The Balaban J connectivity index is 0.000000252. The van der Waals surface area contributed by atoms with Crippen molar-refractivity contribution < 1.29 is 13.0 Å². The number of benzene rings is 1. The SMILES string of the molecule is CS(=O)(=O)O.Cc1cccc(N)c1. The van der Waals surface area contributed by atoms with Crippen LogP contribution in [0, 0.1) is 6.92 Å². The van der Waals surface area contributed by atoms with Crippen molar-refractivity contribution in [2.45, 2.75) is 6.92 Å². The first-order valence-electron chi connectivity index (χ1n) is 3.53. The Labute approximate surface area is 78.1 Å². The molecule has 0 aromatic heterocycles. The molecule has 0 atom stereocenters. The lowest BCUT2D eigenvalue weighted by Gasteiger charge is -1.91. The molecule has 3 N–H and O–H groups in total. The number of rotatable bonds is 0. The highest BCUT2D eigenvalue weighted by atomic mass is 32.2. The summed E-state index contributed by atoms with van der Waals surface area (Å²) in [6, 6.07) is 7.80. The molecule has 5 heteroatoms. The molecule has 1 rings (SSSR count). The molecule has 0 heterocycles. The number of anilines is 1. The second-order valence-corrected chi connectivity index (χ2v) is 4.11.